The Morgan fingerprint density at radius 1 is 0.878 bits per heavy atom. The van der Waals surface area contributed by atoms with E-state index in [1.54, 1.807) is 48.5 Å². The van der Waals surface area contributed by atoms with Gasteiger partial charge in [-0.3, -0.25) is 9.59 Å². The molecule has 10 nitrogen and oxygen atoms in total. The van der Waals surface area contributed by atoms with Crippen LogP contribution in [0.5, 0.6) is 23.0 Å². The van der Waals surface area contributed by atoms with Gasteiger partial charge < -0.3 is 24.3 Å². The van der Waals surface area contributed by atoms with Crippen LogP contribution in [-0.2, 0) is 4.79 Å². The molecule has 0 atom stereocenters. The number of nitrogens with one attached hydrogen (secondary N) is 2. The molecule has 0 aromatic heterocycles. The minimum Gasteiger partial charge on any atom is -0.493 e. The van der Waals surface area contributed by atoms with E-state index in [1.165, 1.54) is 39.7 Å². The van der Waals surface area contributed by atoms with Crippen molar-refractivity contribution < 1.29 is 33.3 Å². The summed E-state index contributed by atoms with van der Waals surface area (Å²) in [6, 6.07) is 16.5. The summed E-state index contributed by atoms with van der Waals surface area (Å²) >= 11 is 6.02. The molecule has 41 heavy (non-hydrogen) atoms. The number of esters is 1. The fourth-order valence-electron chi connectivity index (χ4n) is 3.75. The zero-order valence-corrected chi connectivity index (χ0v) is 23.8. The Labute approximate surface area is 243 Å². The van der Waals surface area contributed by atoms with Gasteiger partial charge in [0.2, 0.25) is 11.7 Å². The van der Waals surface area contributed by atoms with Crippen LogP contribution in [0, 0.1) is 0 Å². The molecule has 0 aliphatic heterocycles. The number of hydrogen-bond donors (Lipinski definition) is 2. The number of halogens is 1. The highest BCUT2D eigenvalue weighted by Crippen LogP contribution is 2.38. The third-order valence-electron chi connectivity index (χ3n) is 5.88. The molecule has 0 fully saturated rings. The van der Waals surface area contributed by atoms with Crippen molar-refractivity contribution in [1.82, 2.24) is 10.7 Å². The lowest BCUT2D eigenvalue weighted by atomic mass is 10.1. The molecule has 3 aromatic rings. The summed E-state index contributed by atoms with van der Waals surface area (Å²) in [6.07, 6.45) is 3.98. The number of amides is 2. The number of methoxy groups -OCH3 is 3. The van der Waals surface area contributed by atoms with Gasteiger partial charge in [-0.2, -0.15) is 5.10 Å². The molecular weight excluding hydrogens is 550 g/mol. The molecule has 2 N–H and O–H groups in total. The summed E-state index contributed by atoms with van der Waals surface area (Å²) < 4.78 is 21.3. The van der Waals surface area contributed by atoms with Gasteiger partial charge in [-0.1, -0.05) is 30.2 Å². The van der Waals surface area contributed by atoms with Gasteiger partial charge in [-0.05, 0) is 66.9 Å². The van der Waals surface area contributed by atoms with Gasteiger partial charge in [0.15, 0.2) is 11.5 Å². The Bertz CT molecular complexity index is 1350. The van der Waals surface area contributed by atoms with Crippen LogP contribution in [0.25, 0.3) is 0 Å². The molecule has 216 valence electrons. The van der Waals surface area contributed by atoms with Gasteiger partial charge in [0.25, 0.3) is 5.91 Å². The Hall–Kier alpha value is -4.57. The highest BCUT2D eigenvalue weighted by atomic mass is 35.5. The first-order valence-electron chi connectivity index (χ1n) is 12.8. The molecular formula is C30H32ClN3O7. The third kappa shape index (κ3) is 9.25. The molecule has 3 aromatic carbocycles. The lowest BCUT2D eigenvalue weighted by molar-refractivity contribution is -0.121. The quantitative estimate of drug-likeness (QED) is 0.0900. The zero-order chi connectivity index (χ0) is 29.6. The van der Waals surface area contributed by atoms with Crippen LogP contribution in [0.15, 0.2) is 65.8 Å². The van der Waals surface area contributed by atoms with Gasteiger partial charge in [0.05, 0.1) is 43.7 Å². The average molecular weight is 582 g/mol. The van der Waals surface area contributed by atoms with Crippen LogP contribution < -0.4 is 29.7 Å². The molecule has 3 rings (SSSR count). The minimum absolute atomic E-state index is 0.211. The standard InChI is InChI=1S/C30H32ClN3O7/c1-38-25-17-21(18-26(39-2)28(25)40-3)30(37)41-22-14-12-20(13-15-22)19-33-34-27(35)11-5-4-8-16-32-29(36)23-9-6-7-10-24(23)31/h6-7,9-10,12-15,17-19H,4-5,8,11,16H2,1-3H3,(H,32,36)(H,34,35). The zero-order valence-electron chi connectivity index (χ0n) is 23.1. The number of benzene rings is 3. The summed E-state index contributed by atoms with van der Waals surface area (Å²) in [7, 11) is 4.40. The molecule has 0 saturated heterocycles. The van der Waals surface area contributed by atoms with Gasteiger partial charge >= 0.3 is 5.97 Å². The summed E-state index contributed by atoms with van der Waals surface area (Å²) in [4.78, 5) is 36.8. The van der Waals surface area contributed by atoms with Crippen LogP contribution in [0.2, 0.25) is 5.02 Å². The van der Waals surface area contributed by atoms with Crippen molar-refractivity contribution >= 4 is 35.6 Å². The van der Waals surface area contributed by atoms with Crippen molar-refractivity contribution in [1.29, 1.82) is 0 Å². The molecule has 0 aliphatic carbocycles. The highest BCUT2D eigenvalue weighted by molar-refractivity contribution is 6.33. The largest absolute Gasteiger partial charge is 0.493 e. The van der Waals surface area contributed by atoms with E-state index in [4.69, 9.17) is 30.5 Å². The number of rotatable bonds is 14. The van der Waals surface area contributed by atoms with E-state index in [2.05, 4.69) is 15.8 Å². The molecule has 0 spiro atoms. The Kier molecular flexibility index (Phi) is 12.0. The summed E-state index contributed by atoms with van der Waals surface area (Å²) in [5, 5.41) is 7.21. The summed E-state index contributed by atoms with van der Waals surface area (Å²) in [5.74, 6) is 0.354. The first-order valence-corrected chi connectivity index (χ1v) is 13.2. The van der Waals surface area contributed by atoms with Crippen LogP contribution in [0.3, 0.4) is 0 Å². The lowest BCUT2D eigenvalue weighted by Crippen LogP contribution is -2.24. The van der Waals surface area contributed by atoms with Crippen LogP contribution in [0.1, 0.15) is 52.0 Å². The van der Waals surface area contributed by atoms with Gasteiger partial charge in [0.1, 0.15) is 5.75 Å². The Morgan fingerprint density at radius 3 is 2.20 bits per heavy atom. The fraction of sp³-hybridized carbons (Fsp3) is 0.267. The van der Waals surface area contributed by atoms with Crippen LogP contribution in [-0.4, -0.2) is 51.9 Å². The minimum atomic E-state index is -0.596. The number of carbonyl (C=O) groups excluding carboxylic acids is 3. The maximum absolute atomic E-state index is 12.7. The van der Waals surface area contributed by atoms with Gasteiger partial charge in [0, 0.05) is 13.0 Å². The smallest absolute Gasteiger partial charge is 0.343 e. The first kappa shape index (κ1) is 31.0. The SMILES string of the molecule is COc1cc(C(=O)Oc2ccc(C=NNC(=O)CCCCCNC(=O)c3ccccc3Cl)cc2)cc(OC)c1OC. The molecule has 0 saturated carbocycles. The lowest BCUT2D eigenvalue weighted by Gasteiger charge is -2.13. The second kappa shape index (κ2) is 15.9. The van der Waals surface area contributed by atoms with Crippen LogP contribution in [0.4, 0.5) is 0 Å². The van der Waals surface area contributed by atoms with Crippen molar-refractivity contribution in [3.05, 3.63) is 82.4 Å². The van der Waals surface area contributed by atoms with E-state index in [-0.39, 0.29) is 17.4 Å². The Morgan fingerprint density at radius 2 is 1.56 bits per heavy atom. The summed E-state index contributed by atoms with van der Waals surface area (Å²) in [6.45, 7) is 0.498. The van der Waals surface area contributed by atoms with E-state index >= 15 is 0 Å². The van der Waals surface area contributed by atoms with E-state index in [1.807, 2.05) is 0 Å². The Balaban J connectivity index is 1.38. The number of hydrazone groups is 1. The van der Waals surface area contributed by atoms with Gasteiger partial charge in [-0.15, -0.1) is 0 Å². The first-order chi connectivity index (χ1) is 19.9. The predicted molar refractivity (Wildman–Crippen MR) is 155 cm³/mol. The van der Waals surface area contributed by atoms with Crippen molar-refractivity contribution in [3.63, 3.8) is 0 Å². The summed E-state index contributed by atoms with van der Waals surface area (Å²) in [5.41, 5.74) is 3.87. The third-order valence-corrected chi connectivity index (χ3v) is 6.21. The number of unbranched alkanes of at least 4 members (excludes halogenated alkanes) is 2. The highest BCUT2D eigenvalue weighted by Gasteiger charge is 2.18. The molecule has 2 amide bonds. The van der Waals surface area contributed by atoms with Crippen molar-refractivity contribution in [2.24, 2.45) is 5.10 Å². The van der Waals surface area contributed by atoms with Crippen LogP contribution >= 0.6 is 11.6 Å². The van der Waals surface area contributed by atoms with Crippen molar-refractivity contribution in [3.8, 4) is 23.0 Å². The topological polar surface area (TPSA) is 125 Å². The molecule has 0 unspecified atom stereocenters. The average Bonchev–Trinajstić information content (AvgIpc) is 2.98. The predicted octanol–water partition coefficient (Wildman–Crippen LogP) is 5.03. The normalized spacial score (nSPS) is 10.6. The van der Waals surface area contributed by atoms with Crippen molar-refractivity contribution in [2.45, 2.75) is 25.7 Å². The molecule has 0 aliphatic rings. The number of hydrogen-bond acceptors (Lipinski definition) is 8. The second-order valence-electron chi connectivity index (χ2n) is 8.71. The fourth-order valence-corrected chi connectivity index (χ4v) is 3.97. The number of carbonyl (C=O) groups is 3. The molecule has 0 heterocycles. The number of ether oxygens (including phenoxy) is 4. The van der Waals surface area contributed by atoms with Crippen molar-refractivity contribution in [2.75, 3.05) is 27.9 Å². The maximum Gasteiger partial charge on any atom is 0.343 e. The molecule has 0 bridgehead atoms. The van der Waals surface area contributed by atoms with Gasteiger partial charge in [-0.25, -0.2) is 10.2 Å². The van der Waals surface area contributed by atoms with E-state index in [0.29, 0.717) is 58.5 Å². The molecule has 0 radical (unpaired) electrons. The molecule has 11 heteroatoms. The number of nitrogens with zero attached hydrogens (tertiary/aromatic N) is 1. The second-order valence-corrected chi connectivity index (χ2v) is 9.12. The van der Waals surface area contributed by atoms with E-state index in [0.717, 1.165) is 12.8 Å². The maximum atomic E-state index is 12.7. The monoisotopic (exact) mass is 581 g/mol. The van der Waals surface area contributed by atoms with E-state index < -0.39 is 5.97 Å². The van der Waals surface area contributed by atoms with E-state index in [9.17, 15) is 14.4 Å².